The quantitative estimate of drug-likeness (QED) is 0.816. The first-order chi connectivity index (χ1) is 10.5. The van der Waals surface area contributed by atoms with E-state index < -0.39 is 0 Å². The van der Waals surface area contributed by atoms with Gasteiger partial charge in [-0.25, -0.2) is 0 Å². The van der Waals surface area contributed by atoms with Crippen LogP contribution in [-0.4, -0.2) is 22.6 Å². The minimum absolute atomic E-state index is 0.212. The number of carbonyl (C=O) groups excluding carboxylic acids is 1. The molecule has 22 heavy (non-hydrogen) atoms. The summed E-state index contributed by atoms with van der Waals surface area (Å²) in [6.07, 6.45) is 1.07. The third-order valence-corrected chi connectivity index (χ3v) is 3.51. The molecular weight excluding hydrogens is 344 g/mol. The maximum atomic E-state index is 12.1. The molecule has 0 bridgehead atoms. The zero-order valence-electron chi connectivity index (χ0n) is 12.6. The van der Waals surface area contributed by atoms with Crippen molar-refractivity contribution in [3.8, 4) is 0 Å². The standard InChI is InChI=1S/C16H19BrN4O/c1-11(2)8-9-18-14-6-7-15(21-20-14)19-16(22)12-4-3-5-13(17)10-12/h3-7,10-11H,8-9H2,1-2H3,(H,18,20)(H,19,21,22). The third kappa shape index (κ3) is 5.11. The summed E-state index contributed by atoms with van der Waals surface area (Å²) < 4.78 is 0.857. The van der Waals surface area contributed by atoms with Crippen molar-refractivity contribution in [1.29, 1.82) is 0 Å². The van der Waals surface area contributed by atoms with Crippen molar-refractivity contribution in [3.63, 3.8) is 0 Å². The summed E-state index contributed by atoms with van der Waals surface area (Å²) in [6.45, 7) is 5.21. The van der Waals surface area contributed by atoms with E-state index in [-0.39, 0.29) is 5.91 Å². The van der Waals surface area contributed by atoms with Gasteiger partial charge in [0, 0.05) is 16.6 Å². The second-order valence-corrected chi connectivity index (χ2v) is 6.29. The first kappa shape index (κ1) is 16.4. The minimum Gasteiger partial charge on any atom is -0.369 e. The average molecular weight is 363 g/mol. The van der Waals surface area contributed by atoms with Gasteiger partial charge in [-0.3, -0.25) is 4.79 Å². The number of nitrogens with zero attached hydrogens (tertiary/aromatic N) is 2. The topological polar surface area (TPSA) is 66.9 Å². The molecule has 0 saturated heterocycles. The van der Waals surface area contributed by atoms with Crippen molar-refractivity contribution in [2.45, 2.75) is 20.3 Å². The van der Waals surface area contributed by atoms with Crippen molar-refractivity contribution in [1.82, 2.24) is 10.2 Å². The lowest BCUT2D eigenvalue weighted by Crippen LogP contribution is -2.14. The molecule has 2 rings (SSSR count). The molecule has 2 aromatic rings. The van der Waals surface area contributed by atoms with E-state index in [1.807, 2.05) is 18.2 Å². The zero-order valence-corrected chi connectivity index (χ0v) is 14.2. The molecular formula is C16H19BrN4O. The molecule has 1 aromatic heterocycles. The number of carbonyl (C=O) groups is 1. The number of rotatable bonds is 6. The van der Waals surface area contributed by atoms with Gasteiger partial charge in [-0.1, -0.05) is 35.8 Å². The molecule has 0 aliphatic heterocycles. The normalized spacial score (nSPS) is 10.5. The molecule has 1 heterocycles. The van der Waals surface area contributed by atoms with Crippen LogP contribution in [0.4, 0.5) is 11.6 Å². The Hall–Kier alpha value is -1.95. The number of aromatic nitrogens is 2. The van der Waals surface area contributed by atoms with E-state index >= 15 is 0 Å². The summed E-state index contributed by atoms with van der Waals surface area (Å²) in [6, 6.07) is 10.7. The van der Waals surface area contributed by atoms with Crippen LogP contribution in [0.3, 0.4) is 0 Å². The first-order valence-electron chi connectivity index (χ1n) is 7.19. The lowest BCUT2D eigenvalue weighted by Gasteiger charge is -2.08. The monoisotopic (exact) mass is 362 g/mol. The van der Waals surface area contributed by atoms with Gasteiger partial charge in [-0.15, -0.1) is 10.2 Å². The highest BCUT2D eigenvalue weighted by Gasteiger charge is 2.07. The van der Waals surface area contributed by atoms with E-state index in [1.54, 1.807) is 18.2 Å². The predicted octanol–water partition coefficient (Wildman–Crippen LogP) is 3.95. The van der Waals surface area contributed by atoms with E-state index in [9.17, 15) is 4.79 Å². The number of anilines is 2. The number of hydrogen-bond acceptors (Lipinski definition) is 4. The summed E-state index contributed by atoms with van der Waals surface area (Å²) in [5.41, 5.74) is 0.565. The summed E-state index contributed by atoms with van der Waals surface area (Å²) in [5.74, 6) is 1.57. The minimum atomic E-state index is -0.212. The third-order valence-electron chi connectivity index (χ3n) is 3.02. The van der Waals surface area contributed by atoms with Gasteiger partial charge >= 0.3 is 0 Å². The average Bonchev–Trinajstić information content (AvgIpc) is 2.48. The zero-order chi connectivity index (χ0) is 15.9. The van der Waals surface area contributed by atoms with Crippen molar-refractivity contribution in [2.24, 2.45) is 5.92 Å². The highest BCUT2D eigenvalue weighted by atomic mass is 79.9. The number of benzene rings is 1. The van der Waals surface area contributed by atoms with Gasteiger partial charge in [0.15, 0.2) is 5.82 Å². The first-order valence-corrected chi connectivity index (χ1v) is 7.98. The Balaban J connectivity index is 1.92. The Kier molecular flexibility index (Phi) is 5.89. The van der Waals surface area contributed by atoms with Gasteiger partial charge in [0.05, 0.1) is 0 Å². The van der Waals surface area contributed by atoms with Crippen molar-refractivity contribution in [3.05, 3.63) is 46.4 Å². The summed E-state index contributed by atoms with van der Waals surface area (Å²) >= 11 is 3.34. The molecule has 116 valence electrons. The SMILES string of the molecule is CC(C)CCNc1ccc(NC(=O)c2cccc(Br)c2)nn1. The molecule has 0 aliphatic rings. The fraction of sp³-hybridized carbons (Fsp3) is 0.312. The maximum absolute atomic E-state index is 12.1. The Bertz CT molecular complexity index is 628. The van der Waals surface area contributed by atoms with Gasteiger partial charge in [-0.05, 0) is 42.7 Å². The fourth-order valence-electron chi connectivity index (χ4n) is 1.80. The molecule has 2 N–H and O–H groups in total. The van der Waals surface area contributed by atoms with Crippen LogP contribution in [0.5, 0.6) is 0 Å². The molecule has 0 aliphatic carbocycles. The molecule has 0 unspecified atom stereocenters. The van der Waals surface area contributed by atoms with E-state index in [2.05, 4.69) is 50.6 Å². The van der Waals surface area contributed by atoms with Crippen LogP contribution >= 0.6 is 15.9 Å². The Labute approximate surface area is 138 Å². The Morgan fingerprint density at radius 1 is 1.18 bits per heavy atom. The second-order valence-electron chi connectivity index (χ2n) is 5.38. The summed E-state index contributed by atoms with van der Waals surface area (Å²) in [4.78, 5) is 12.1. The largest absolute Gasteiger partial charge is 0.369 e. The lowest BCUT2D eigenvalue weighted by atomic mass is 10.1. The number of halogens is 1. The van der Waals surface area contributed by atoms with Crippen LogP contribution in [-0.2, 0) is 0 Å². The van der Waals surface area contributed by atoms with Crippen LogP contribution in [0.25, 0.3) is 0 Å². The van der Waals surface area contributed by atoms with Crippen molar-refractivity contribution < 1.29 is 4.79 Å². The fourth-order valence-corrected chi connectivity index (χ4v) is 2.20. The highest BCUT2D eigenvalue weighted by molar-refractivity contribution is 9.10. The smallest absolute Gasteiger partial charge is 0.256 e. The van der Waals surface area contributed by atoms with Gasteiger partial charge in [-0.2, -0.15) is 0 Å². The number of nitrogens with one attached hydrogen (secondary N) is 2. The summed E-state index contributed by atoms with van der Waals surface area (Å²) in [7, 11) is 0. The van der Waals surface area contributed by atoms with Gasteiger partial charge in [0.25, 0.3) is 5.91 Å². The highest BCUT2D eigenvalue weighted by Crippen LogP contribution is 2.13. The molecule has 1 aromatic carbocycles. The van der Waals surface area contributed by atoms with E-state index in [0.29, 0.717) is 23.1 Å². The number of hydrogen-bond donors (Lipinski definition) is 2. The van der Waals surface area contributed by atoms with Crippen LogP contribution < -0.4 is 10.6 Å². The Morgan fingerprint density at radius 3 is 2.55 bits per heavy atom. The predicted molar refractivity (Wildman–Crippen MR) is 92.1 cm³/mol. The molecule has 0 atom stereocenters. The molecule has 6 heteroatoms. The van der Waals surface area contributed by atoms with E-state index in [0.717, 1.165) is 17.4 Å². The van der Waals surface area contributed by atoms with Gasteiger partial charge in [0.1, 0.15) is 5.82 Å². The van der Waals surface area contributed by atoms with E-state index in [1.165, 1.54) is 0 Å². The van der Waals surface area contributed by atoms with Crippen LogP contribution in [0.1, 0.15) is 30.6 Å². The van der Waals surface area contributed by atoms with Crippen molar-refractivity contribution in [2.75, 3.05) is 17.2 Å². The van der Waals surface area contributed by atoms with Crippen LogP contribution in [0, 0.1) is 5.92 Å². The molecule has 0 fully saturated rings. The molecule has 1 amide bonds. The van der Waals surface area contributed by atoms with Crippen LogP contribution in [0.2, 0.25) is 0 Å². The molecule has 0 spiro atoms. The molecule has 5 nitrogen and oxygen atoms in total. The van der Waals surface area contributed by atoms with Crippen LogP contribution in [0.15, 0.2) is 40.9 Å². The van der Waals surface area contributed by atoms with E-state index in [4.69, 9.17) is 0 Å². The lowest BCUT2D eigenvalue weighted by molar-refractivity contribution is 0.102. The summed E-state index contributed by atoms with van der Waals surface area (Å²) in [5, 5.41) is 14.0. The maximum Gasteiger partial charge on any atom is 0.256 e. The second kappa shape index (κ2) is 7.89. The van der Waals surface area contributed by atoms with Crippen molar-refractivity contribution >= 4 is 33.5 Å². The molecule has 0 radical (unpaired) electrons. The Morgan fingerprint density at radius 2 is 1.91 bits per heavy atom. The molecule has 0 saturated carbocycles. The van der Waals surface area contributed by atoms with Gasteiger partial charge in [0.2, 0.25) is 0 Å². The number of amides is 1. The van der Waals surface area contributed by atoms with Gasteiger partial charge < -0.3 is 10.6 Å².